The molecule has 1 atom stereocenters. The summed E-state index contributed by atoms with van der Waals surface area (Å²) < 4.78 is 7.03. The van der Waals surface area contributed by atoms with Crippen molar-refractivity contribution in [2.75, 3.05) is 19.8 Å². The molecule has 2 aromatic carbocycles. The maximum atomic E-state index is 10.7. The molecule has 1 aliphatic rings. The van der Waals surface area contributed by atoms with E-state index in [1.807, 2.05) is 0 Å². The Hall–Kier alpha value is -1.88. The number of rotatable bonds is 4. The quantitative estimate of drug-likeness (QED) is 0.408. The van der Waals surface area contributed by atoms with Gasteiger partial charge in [-0.1, -0.05) is 107 Å². The van der Waals surface area contributed by atoms with E-state index in [0.29, 0.717) is 6.42 Å². The lowest BCUT2D eigenvalue weighted by Crippen LogP contribution is -2.44. The predicted octanol–water partition coefficient (Wildman–Crippen LogP) is 6.86. The van der Waals surface area contributed by atoms with Crippen LogP contribution in [0.2, 0.25) is 0 Å². The van der Waals surface area contributed by atoms with Crippen molar-refractivity contribution < 1.29 is 20.1 Å². The van der Waals surface area contributed by atoms with Gasteiger partial charge in [0.15, 0.2) is 0 Å². The number of benzene rings is 2. The second kappa shape index (κ2) is 9.94. The zero-order chi connectivity index (χ0) is 29.1. The zero-order valence-corrected chi connectivity index (χ0v) is 26.0. The molecule has 0 fully saturated rings. The number of hydrogen-bond acceptors (Lipinski definition) is 4. The predicted molar refractivity (Wildman–Crippen MR) is 158 cm³/mol. The minimum atomic E-state index is -1.25. The molecule has 1 unspecified atom stereocenters. The van der Waals surface area contributed by atoms with Gasteiger partial charge in [0.05, 0.1) is 25.2 Å². The van der Waals surface area contributed by atoms with Crippen molar-refractivity contribution in [2.45, 2.75) is 117 Å². The molecular formula is C34H52O4. The Morgan fingerprint density at radius 2 is 1.03 bits per heavy atom. The van der Waals surface area contributed by atoms with Crippen molar-refractivity contribution in [2.24, 2.45) is 5.41 Å². The Morgan fingerprint density at radius 1 is 0.605 bits per heavy atom. The first-order valence-electron chi connectivity index (χ1n) is 14.0. The molecule has 3 rings (SSSR count). The average Bonchev–Trinajstić information content (AvgIpc) is 2.94. The molecule has 3 N–H and O–H groups in total. The summed E-state index contributed by atoms with van der Waals surface area (Å²) in [6, 6.07) is 9.09. The molecule has 0 aromatic heterocycles. The van der Waals surface area contributed by atoms with E-state index in [2.05, 4.69) is 107 Å². The number of hydrogen-bond donors (Lipinski definition) is 3. The highest BCUT2D eigenvalue weighted by atomic mass is 16.5. The molecule has 0 bridgehead atoms. The molecule has 1 aliphatic heterocycles. The van der Waals surface area contributed by atoms with Gasteiger partial charge in [-0.15, -0.1) is 0 Å². The van der Waals surface area contributed by atoms with Gasteiger partial charge in [0.2, 0.25) is 0 Å². The summed E-state index contributed by atoms with van der Waals surface area (Å²) in [6.07, 6.45) is -0.0388. The number of aliphatic hydroxyl groups excluding tert-OH is 3. The van der Waals surface area contributed by atoms with Gasteiger partial charge in [-0.3, -0.25) is 0 Å². The largest absolute Gasteiger partial charge is 0.484 e. The molecule has 0 saturated heterocycles. The highest BCUT2D eigenvalue weighted by molar-refractivity contribution is 5.57. The minimum Gasteiger partial charge on any atom is -0.484 e. The zero-order valence-electron chi connectivity index (χ0n) is 26.0. The highest BCUT2D eigenvalue weighted by Gasteiger charge is 2.46. The van der Waals surface area contributed by atoms with Crippen molar-refractivity contribution in [3.05, 3.63) is 63.2 Å². The SMILES string of the molecule is CC(C)(C)c1cc2c(c(C(C)(C)C)c1)OC(C(CO)(CO)CO)c1c(cc(C(C)(C)C)cc1C(C)(C)C)C2. The smallest absolute Gasteiger partial charge is 0.137 e. The maximum Gasteiger partial charge on any atom is 0.137 e. The van der Waals surface area contributed by atoms with Crippen LogP contribution in [0.3, 0.4) is 0 Å². The minimum absolute atomic E-state index is 0.0432. The lowest BCUT2D eigenvalue weighted by Gasteiger charge is -2.40. The Kier molecular flexibility index (Phi) is 8.02. The molecular weight excluding hydrogens is 472 g/mol. The van der Waals surface area contributed by atoms with E-state index >= 15 is 0 Å². The Balaban J connectivity index is 2.54. The fourth-order valence-electron chi connectivity index (χ4n) is 5.38. The molecule has 0 spiro atoms. The first kappa shape index (κ1) is 30.7. The Labute approximate surface area is 231 Å². The third-order valence-electron chi connectivity index (χ3n) is 8.16. The van der Waals surface area contributed by atoms with Crippen LogP contribution in [0, 0.1) is 5.41 Å². The molecule has 0 aliphatic carbocycles. The fraction of sp³-hybridized carbons (Fsp3) is 0.647. The van der Waals surface area contributed by atoms with Gasteiger partial charge in [0.25, 0.3) is 0 Å². The van der Waals surface area contributed by atoms with Crippen LogP contribution in [-0.4, -0.2) is 35.1 Å². The van der Waals surface area contributed by atoms with Gasteiger partial charge in [0, 0.05) is 17.5 Å². The van der Waals surface area contributed by atoms with Crippen LogP contribution < -0.4 is 4.74 Å². The number of fused-ring (bicyclic) bond motifs is 2. The van der Waals surface area contributed by atoms with Crippen LogP contribution in [0.4, 0.5) is 0 Å². The van der Waals surface area contributed by atoms with Crippen LogP contribution in [0.5, 0.6) is 5.75 Å². The van der Waals surface area contributed by atoms with Crippen LogP contribution in [0.1, 0.15) is 128 Å². The van der Waals surface area contributed by atoms with Crippen LogP contribution in [0.15, 0.2) is 24.3 Å². The Bertz CT molecular complexity index is 1150. The lowest BCUT2D eigenvalue weighted by molar-refractivity contribution is -0.0749. The molecule has 4 heteroatoms. The van der Waals surface area contributed by atoms with Gasteiger partial charge < -0.3 is 20.1 Å². The maximum absolute atomic E-state index is 10.7. The highest BCUT2D eigenvalue weighted by Crippen LogP contribution is 2.50. The lowest BCUT2D eigenvalue weighted by atomic mass is 9.70. The van der Waals surface area contributed by atoms with E-state index in [1.54, 1.807) is 0 Å². The van der Waals surface area contributed by atoms with E-state index in [0.717, 1.165) is 33.6 Å². The van der Waals surface area contributed by atoms with Crippen molar-refractivity contribution in [1.29, 1.82) is 0 Å². The summed E-state index contributed by atoms with van der Waals surface area (Å²) in [6.45, 7) is 25.4. The topological polar surface area (TPSA) is 69.9 Å². The second-order valence-electron chi connectivity index (χ2n) is 15.6. The third-order valence-corrected chi connectivity index (χ3v) is 8.16. The molecule has 4 nitrogen and oxygen atoms in total. The third kappa shape index (κ3) is 5.69. The molecule has 2 aromatic rings. The van der Waals surface area contributed by atoms with Crippen LogP contribution >= 0.6 is 0 Å². The summed E-state index contributed by atoms with van der Waals surface area (Å²) in [4.78, 5) is 0. The summed E-state index contributed by atoms with van der Waals surface area (Å²) in [5.41, 5.74) is 6.18. The van der Waals surface area contributed by atoms with Gasteiger partial charge in [-0.25, -0.2) is 0 Å². The molecule has 0 radical (unpaired) electrons. The number of aliphatic hydroxyl groups is 3. The van der Waals surface area contributed by atoms with Crippen molar-refractivity contribution in [3.8, 4) is 5.75 Å². The van der Waals surface area contributed by atoms with E-state index < -0.39 is 31.3 Å². The van der Waals surface area contributed by atoms with Gasteiger partial charge in [-0.2, -0.15) is 0 Å². The molecule has 212 valence electrons. The Morgan fingerprint density at radius 3 is 1.42 bits per heavy atom. The van der Waals surface area contributed by atoms with Crippen LogP contribution in [0.25, 0.3) is 0 Å². The number of ether oxygens (including phenoxy) is 1. The normalized spacial score (nSPS) is 17.0. The van der Waals surface area contributed by atoms with Gasteiger partial charge >= 0.3 is 0 Å². The van der Waals surface area contributed by atoms with Crippen LogP contribution in [-0.2, 0) is 28.1 Å². The van der Waals surface area contributed by atoms with Crippen molar-refractivity contribution in [3.63, 3.8) is 0 Å². The summed E-state index contributed by atoms with van der Waals surface area (Å²) in [5, 5.41) is 32.0. The van der Waals surface area contributed by atoms with Crippen molar-refractivity contribution in [1.82, 2.24) is 0 Å². The van der Waals surface area contributed by atoms with Gasteiger partial charge in [-0.05, 0) is 49.5 Å². The molecule has 0 saturated carbocycles. The summed E-state index contributed by atoms with van der Waals surface area (Å²) in [7, 11) is 0. The molecule has 38 heavy (non-hydrogen) atoms. The fourth-order valence-corrected chi connectivity index (χ4v) is 5.38. The van der Waals surface area contributed by atoms with E-state index in [9.17, 15) is 15.3 Å². The summed E-state index contributed by atoms with van der Waals surface area (Å²) >= 11 is 0. The summed E-state index contributed by atoms with van der Waals surface area (Å²) in [5.74, 6) is 0.809. The van der Waals surface area contributed by atoms with Gasteiger partial charge in [0.1, 0.15) is 11.9 Å². The van der Waals surface area contributed by atoms with E-state index in [1.165, 1.54) is 11.1 Å². The standard InChI is InChI=1S/C34H52O4/c1-30(2,3)23-14-21-13-22-15-24(31(4,5)6)17-26(33(10,11)12)28(22)38-29(34(18-35,19-36)20-37)27(21)25(16-23)32(7,8)9/h14-17,29,35-37H,13,18-20H2,1-12H3. The second-order valence-corrected chi connectivity index (χ2v) is 15.6. The molecule has 0 amide bonds. The van der Waals surface area contributed by atoms with Crippen molar-refractivity contribution >= 4 is 0 Å². The molecule has 1 heterocycles. The first-order chi connectivity index (χ1) is 17.2. The first-order valence-corrected chi connectivity index (χ1v) is 14.0. The van der Waals surface area contributed by atoms with E-state index in [4.69, 9.17) is 4.74 Å². The van der Waals surface area contributed by atoms with E-state index in [-0.39, 0.29) is 21.7 Å². The monoisotopic (exact) mass is 524 g/mol. The average molecular weight is 525 g/mol.